The van der Waals surface area contributed by atoms with Gasteiger partial charge in [0.05, 0.1) is 6.61 Å². The zero-order chi connectivity index (χ0) is 5.54. The van der Waals surface area contributed by atoms with E-state index in [1.165, 1.54) is 0 Å². The molecule has 40 valence electrons. The van der Waals surface area contributed by atoms with Crippen molar-refractivity contribution >= 4 is 0 Å². The van der Waals surface area contributed by atoms with Crippen molar-refractivity contribution in [2.75, 3.05) is 20.3 Å². The molecule has 0 aromatic carbocycles. The predicted molar refractivity (Wildman–Crippen MR) is 25.9 cm³/mol. The van der Waals surface area contributed by atoms with Crippen LogP contribution in [0.15, 0.2) is 5.11 Å². The molecule has 0 rings (SSSR count). The van der Waals surface area contributed by atoms with Gasteiger partial charge in [0.2, 0.25) is 0 Å². The van der Waals surface area contributed by atoms with Gasteiger partial charge in [-0.05, 0) is 5.53 Å². The lowest BCUT2D eigenvalue weighted by molar-refractivity contribution is 0.207. The van der Waals surface area contributed by atoms with Gasteiger partial charge < -0.3 is 4.74 Å². The highest BCUT2D eigenvalue weighted by Crippen LogP contribution is 1.69. The average Bonchev–Trinajstić information content (AvgIpc) is 1.69. The first kappa shape index (κ1) is 6.27. The normalized spacial score (nSPS) is 7.57. The number of hydrogen-bond donors (Lipinski definition) is 0. The smallest absolute Gasteiger partial charge is 0.0518 e. The van der Waals surface area contributed by atoms with Crippen molar-refractivity contribution in [2.24, 2.45) is 5.11 Å². The van der Waals surface area contributed by atoms with E-state index in [4.69, 9.17) is 5.53 Å². The zero-order valence-electron chi connectivity index (χ0n) is 4.16. The molecule has 0 aromatic rings. The monoisotopic (exact) mass is 100 g/mol. The third kappa shape index (κ3) is 5.27. The van der Waals surface area contributed by atoms with E-state index in [1.807, 2.05) is 0 Å². The average molecular weight is 100 g/mol. The maximum absolute atomic E-state index is 7.70. The maximum atomic E-state index is 7.70. The summed E-state index contributed by atoms with van der Waals surface area (Å²) in [4.78, 5) is 2.52. The molecule has 0 atom stereocenters. The summed E-state index contributed by atoms with van der Waals surface area (Å²) in [5.74, 6) is 0. The number of rotatable bonds is 3. The fourth-order valence-corrected chi connectivity index (χ4v) is 0.177. The van der Waals surface area contributed by atoms with Gasteiger partial charge in [-0.2, -0.15) is 0 Å². The van der Waals surface area contributed by atoms with Crippen LogP contribution >= 0.6 is 0 Å². The Bertz CT molecular complexity index is 76.2. The molecule has 0 aliphatic rings. The minimum atomic E-state index is 0.424. The molecule has 4 nitrogen and oxygen atoms in total. The van der Waals surface area contributed by atoms with Gasteiger partial charge >= 0.3 is 0 Å². The van der Waals surface area contributed by atoms with Crippen LogP contribution in [0.1, 0.15) is 0 Å². The first-order valence-corrected chi connectivity index (χ1v) is 1.91. The highest BCUT2D eigenvalue weighted by atomic mass is 16.4. The standard InChI is InChI=1S/C3H7N3O/c1-7-3-2-5-6-4/h2-3H2,1H3/i1-1. The molecule has 0 amide bonds. The lowest BCUT2D eigenvalue weighted by Gasteiger charge is -1.85. The van der Waals surface area contributed by atoms with Crippen LogP contribution in [0.4, 0.5) is 0 Å². The van der Waals surface area contributed by atoms with Crippen LogP contribution in [-0.4, -0.2) is 20.3 Å². The van der Waals surface area contributed by atoms with Gasteiger partial charge in [-0.3, -0.25) is 0 Å². The second-order valence-electron chi connectivity index (χ2n) is 0.947. The van der Waals surface area contributed by atoms with Crippen molar-refractivity contribution < 1.29 is 4.74 Å². The van der Waals surface area contributed by atoms with E-state index in [-0.39, 0.29) is 0 Å². The Hall–Kier alpha value is -0.730. The molecule has 0 N–H and O–H groups in total. The molecule has 0 saturated heterocycles. The number of hydrogen-bond acceptors (Lipinski definition) is 2. The van der Waals surface area contributed by atoms with Crippen LogP contribution in [0.2, 0.25) is 0 Å². The molecule has 0 aromatic heterocycles. The summed E-state index contributed by atoms with van der Waals surface area (Å²) in [6, 6.07) is 0. The van der Waals surface area contributed by atoms with Gasteiger partial charge in [0.1, 0.15) is 0 Å². The van der Waals surface area contributed by atoms with Crippen LogP contribution < -0.4 is 0 Å². The Morgan fingerprint density at radius 2 is 2.57 bits per heavy atom. The van der Waals surface area contributed by atoms with Crippen molar-refractivity contribution in [3.05, 3.63) is 10.4 Å². The van der Waals surface area contributed by atoms with E-state index in [9.17, 15) is 0 Å². The number of nitrogens with zero attached hydrogens (tertiary/aromatic N) is 3. The molecule has 0 bridgehead atoms. The van der Waals surface area contributed by atoms with Crippen molar-refractivity contribution in [1.29, 1.82) is 0 Å². The van der Waals surface area contributed by atoms with Gasteiger partial charge in [-0.25, -0.2) is 0 Å². The summed E-state index contributed by atoms with van der Waals surface area (Å²) in [5.41, 5.74) is 7.70. The van der Waals surface area contributed by atoms with E-state index in [2.05, 4.69) is 14.8 Å². The van der Waals surface area contributed by atoms with Crippen LogP contribution in [0, 0.1) is 0 Å². The van der Waals surface area contributed by atoms with Gasteiger partial charge in [0.15, 0.2) is 0 Å². The molecule has 0 unspecified atom stereocenters. The highest BCUT2D eigenvalue weighted by Gasteiger charge is 1.73. The number of methoxy groups -OCH3 is 1. The summed E-state index contributed by atoms with van der Waals surface area (Å²) in [6.45, 7) is 0.928. The Balaban J connectivity index is 2.83. The summed E-state index contributed by atoms with van der Waals surface area (Å²) < 4.78 is 4.58. The van der Waals surface area contributed by atoms with Gasteiger partial charge in [0.25, 0.3) is 0 Å². The second-order valence-corrected chi connectivity index (χ2v) is 0.947. The third-order valence-corrected chi connectivity index (χ3v) is 0.459. The SMILES string of the molecule is [11CH3]OCCN=[N+]=[N-]. The number of ether oxygens (including phenoxy) is 1. The molecule has 0 aliphatic carbocycles. The van der Waals surface area contributed by atoms with Crippen molar-refractivity contribution in [2.45, 2.75) is 0 Å². The third-order valence-electron chi connectivity index (χ3n) is 0.459. The number of azide groups is 1. The molecule has 7 heavy (non-hydrogen) atoms. The van der Waals surface area contributed by atoms with Crippen LogP contribution in [-0.2, 0) is 4.74 Å². The molecule has 0 heterocycles. The van der Waals surface area contributed by atoms with Gasteiger partial charge in [-0.1, -0.05) is 5.11 Å². The minimum absolute atomic E-state index is 0.424. The van der Waals surface area contributed by atoms with E-state index in [0.29, 0.717) is 13.2 Å². The molecule has 0 saturated carbocycles. The maximum Gasteiger partial charge on any atom is 0.0518 e. The molecule has 4 heteroatoms. The van der Waals surface area contributed by atoms with Gasteiger partial charge in [0, 0.05) is 18.6 Å². The van der Waals surface area contributed by atoms with Crippen molar-refractivity contribution in [1.82, 2.24) is 0 Å². The molecule has 0 spiro atoms. The van der Waals surface area contributed by atoms with Gasteiger partial charge in [-0.15, -0.1) is 0 Å². The molecular formula is C3H7N3O. The summed E-state index contributed by atoms with van der Waals surface area (Å²) >= 11 is 0. The van der Waals surface area contributed by atoms with E-state index < -0.39 is 0 Å². The second kappa shape index (κ2) is 5.27. The summed E-state index contributed by atoms with van der Waals surface area (Å²) in [5, 5.41) is 3.22. The highest BCUT2D eigenvalue weighted by molar-refractivity contribution is 4.42. The predicted octanol–water partition coefficient (Wildman–Crippen LogP) is 0.943. The molecular weight excluding hydrogens is 93.1 g/mol. The van der Waals surface area contributed by atoms with Crippen LogP contribution in [0.5, 0.6) is 0 Å². The van der Waals surface area contributed by atoms with E-state index >= 15 is 0 Å². The summed E-state index contributed by atoms with van der Waals surface area (Å²) in [6.07, 6.45) is 0. The van der Waals surface area contributed by atoms with E-state index in [1.54, 1.807) is 7.11 Å². The fourth-order valence-electron chi connectivity index (χ4n) is 0.177. The Labute approximate surface area is 41.7 Å². The minimum Gasteiger partial charge on any atom is -0.385 e. The van der Waals surface area contributed by atoms with Crippen LogP contribution in [0.3, 0.4) is 0 Å². The lowest BCUT2D eigenvalue weighted by Crippen LogP contribution is -1.89. The topological polar surface area (TPSA) is 58.0 Å². The Morgan fingerprint density at radius 3 is 3.00 bits per heavy atom. The van der Waals surface area contributed by atoms with E-state index in [0.717, 1.165) is 0 Å². The molecule has 0 aliphatic heterocycles. The first-order valence-electron chi connectivity index (χ1n) is 1.91. The summed E-state index contributed by atoms with van der Waals surface area (Å²) in [7, 11) is 1.56. The van der Waals surface area contributed by atoms with Crippen molar-refractivity contribution in [3.63, 3.8) is 0 Å². The molecule has 0 radical (unpaired) electrons. The Kier molecular flexibility index (Phi) is 4.72. The largest absolute Gasteiger partial charge is 0.385 e. The Morgan fingerprint density at radius 1 is 1.86 bits per heavy atom. The first-order chi connectivity index (χ1) is 3.41. The zero-order valence-corrected chi connectivity index (χ0v) is 4.16. The molecule has 0 fully saturated rings. The lowest BCUT2D eigenvalue weighted by atomic mass is 10.7. The fraction of sp³-hybridized carbons (Fsp3) is 1.00. The van der Waals surface area contributed by atoms with Crippen molar-refractivity contribution in [3.8, 4) is 0 Å². The quantitative estimate of drug-likeness (QED) is 0.225. The van der Waals surface area contributed by atoms with Crippen LogP contribution in [0.25, 0.3) is 10.4 Å².